The normalized spacial score (nSPS) is 9.71. The van der Waals surface area contributed by atoms with Gasteiger partial charge in [0.05, 0.1) is 0 Å². The number of aromatic nitrogens is 1. The Morgan fingerprint density at radius 3 is 2.71 bits per heavy atom. The standard InChI is InChI=1S/C12H9FN2O2/c13-9-6-7-14-11(8-9)15-12(16)17-10-4-2-1-3-5-10/h1-8H,(H,14,15,16). The van der Waals surface area contributed by atoms with E-state index < -0.39 is 11.9 Å². The van der Waals surface area contributed by atoms with Crippen LogP contribution in [0.5, 0.6) is 5.75 Å². The van der Waals surface area contributed by atoms with Crippen molar-refractivity contribution in [3.8, 4) is 5.75 Å². The average molecular weight is 232 g/mol. The van der Waals surface area contributed by atoms with Gasteiger partial charge < -0.3 is 4.74 Å². The molecular formula is C12H9FN2O2. The van der Waals surface area contributed by atoms with E-state index in [9.17, 15) is 9.18 Å². The quantitative estimate of drug-likeness (QED) is 0.866. The molecule has 0 saturated heterocycles. The van der Waals surface area contributed by atoms with E-state index in [1.54, 1.807) is 30.3 Å². The van der Waals surface area contributed by atoms with Gasteiger partial charge in [-0.05, 0) is 18.2 Å². The zero-order valence-electron chi connectivity index (χ0n) is 8.76. The predicted molar refractivity (Wildman–Crippen MR) is 60.3 cm³/mol. The molecule has 1 aromatic heterocycles. The minimum Gasteiger partial charge on any atom is -0.410 e. The molecule has 2 aromatic rings. The zero-order valence-corrected chi connectivity index (χ0v) is 8.76. The van der Waals surface area contributed by atoms with Gasteiger partial charge in [-0.2, -0.15) is 0 Å². The molecule has 0 aliphatic rings. The largest absolute Gasteiger partial charge is 0.418 e. The Balaban J connectivity index is 1.98. The summed E-state index contributed by atoms with van der Waals surface area (Å²) in [6, 6.07) is 10.8. The van der Waals surface area contributed by atoms with Gasteiger partial charge in [0.25, 0.3) is 0 Å². The van der Waals surface area contributed by atoms with Crippen LogP contribution in [0, 0.1) is 5.82 Å². The van der Waals surface area contributed by atoms with Crippen molar-refractivity contribution in [1.82, 2.24) is 4.98 Å². The van der Waals surface area contributed by atoms with Gasteiger partial charge >= 0.3 is 6.09 Å². The van der Waals surface area contributed by atoms with Gasteiger partial charge in [0.15, 0.2) is 0 Å². The van der Waals surface area contributed by atoms with Crippen LogP contribution >= 0.6 is 0 Å². The first-order valence-corrected chi connectivity index (χ1v) is 4.89. The number of carbonyl (C=O) groups is 1. The molecule has 1 aromatic carbocycles. The fourth-order valence-electron chi connectivity index (χ4n) is 1.20. The maximum atomic E-state index is 12.8. The van der Waals surface area contributed by atoms with E-state index in [1.165, 1.54) is 12.3 Å². The lowest BCUT2D eigenvalue weighted by Gasteiger charge is -2.05. The van der Waals surface area contributed by atoms with E-state index in [-0.39, 0.29) is 5.82 Å². The highest BCUT2D eigenvalue weighted by molar-refractivity contribution is 5.85. The summed E-state index contributed by atoms with van der Waals surface area (Å²) in [6.45, 7) is 0. The molecule has 0 saturated carbocycles. The lowest BCUT2D eigenvalue weighted by atomic mass is 10.3. The van der Waals surface area contributed by atoms with Crippen LogP contribution in [0.4, 0.5) is 15.0 Å². The second-order valence-corrected chi connectivity index (χ2v) is 3.19. The number of nitrogens with one attached hydrogen (secondary N) is 1. The van der Waals surface area contributed by atoms with Gasteiger partial charge in [0, 0.05) is 12.3 Å². The van der Waals surface area contributed by atoms with Crippen LogP contribution in [0.15, 0.2) is 48.7 Å². The molecule has 17 heavy (non-hydrogen) atoms. The number of pyridine rings is 1. The maximum absolute atomic E-state index is 12.8. The van der Waals surface area contributed by atoms with E-state index in [1.807, 2.05) is 0 Å². The minimum atomic E-state index is -0.714. The van der Waals surface area contributed by atoms with Crippen molar-refractivity contribution in [1.29, 1.82) is 0 Å². The Kier molecular flexibility index (Phi) is 3.30. The molecule has 1 heterocycles. The second-order valence-electron chi connectivity index (χ2n) is 3.19. The Bertz CT molecular complexity index is 517. The van der Waals surface area contributed by atoms with Crippen molar-refractivity contribution in [2.45, 2.75) is 0 Å². The van der Waals surface area contributed by atoms with Gasteiger partial charge in [0.1, 0.15) is 17.4 Å². The highest BCUT2D eigenvalue weighted by Crippen LogP contribution is 2.10. The number of halogens is 1. The van der Waals surface area contributed by atoms with Crippen LogP contribution in [0.1, 0.15) is 0 Å². The number of ether oxygens (including phenoxy) is 1. The van der Waals surface area contributed by atoms with Crippen LogP contribution in [-0.2, 0) is 0 Å². The summed E-state index contributed by atoms with van der Waals surface area (Å²) in [6.07, 6.45) is 0.544. The first-order valence-electron chi connectivity index (χ1n) is 4.89. The zero-order chi connectivity index (χ0) is 12.1. The summed E-state index contributed by atoms with van der Waals surface area (Å²) in [5, 5.41) is 2.32. The van der Waals surface area contributed by atoms with Crippen molar-refractivity contribution >= 4 is 11.9 Å². The van der Waals surface area contributed by atoms with Gasteiger partial charge in [-0.15, -0.1) is 0 Å². The number of hydrogen-bond donors (Lipinski definition) is 1. The number of para-hydroxylation sites is 1. The molecule has 5 heteroatoms. The third-order valence-corrected chi connectivity index (χ3v) is 1.91. The monoisotopic (exact) mass is 232 g/mol. The van der Waals surface area contributed by atoms with Crippen molar-refractivity contribution < 1.29 is 13.9 Å². The predicted octanol–water partition coefficient (Wildman–Crippen LogP) is 2.83. The van der Waals surface area contributed by atoms with E-state index in [2.05, 4.69) is 10.3 Å². The number of amides is 1. The van der Waals surface area contributed by atoms with Gasteiger partial charge in [0.2, 0.25) is 0 Å². The summed E-state index contributed by atoms with van der Waals surface area (Å²) in [4.78, 5) is 15.2. The third-order valence-electron chi connectivity index (χ3n) is 1.91. The number of hydrogen-bond acceptors (Lipinski definition) is 3. The molecule has 0 atom stereocenters. The molecule has 0 spiro atoms. The van der Waals surface area contributed by atoms with Crippen LogP contribution in [0.3, 0.4) is 0 Å². The summed E-state index contributed by atoms with van der Waals surface area (Å²) in [5.74, 6) is 0.0299. The average Bonchev–Trinajstić information content (AvgIpc) is 2.30. The molecule has 0 aliphatic heterocycles. The van der Waals surface area contributed by atoms with Gasteiger partial charge in [-0.3, -0.25) is 5.32 Å². The van der Waals surface area contributed by atoms with Crippen molar-refractivity contribution in [3.63, 3.8) is 0 Å². The number of rotatable bonds is 2. The van der Waals surface area contributed by atoms with E-state index >= 15 is 0 Å². The van der Waals surface area contributed by atoms with Crippen LogP contribution < -0.4 is 10.1 Å². The Morgan fingerprint density at radius 1 is 1.24 bits per heavy atom. The third kappa shape index (κ3) is 3.27. The number of nitrogens with zero attached hydrogens (tertiary/aromatic N) is 1. The van der Waals surface area contributed by atoms with Gasteiger partial charge in [-0.1, -0.05) is 18.2 Å². The summed E-state index contributed by atoms with van der Waals surface area (Å²) < 4.78 is 17.8. The molecule has 1 N–H and O–H groups in total. The molecular weight excluding hydrogens is 223 g/mol. The van der Waals surface area contributed by atoms with Crippen molar-refractivity contribution in [3.05, 3.63) is 54.5 Å². The molecule has 0 bridgehead atoms. The first kappa shape index (κ1) is 11.1. The molecule has 2 rings (SSSR count). The second kappa shape index (κ2) is 5.07. The van der Waals surface area contributed by atoms with Crippen molar-refractivity contribution in [2.75, 3.05) is 5.32 Å². The number of carbonyl (C=O) groups excluding carboxylic acids is 1. The first-order chi connectivity index (χ1) is 8.24. The molecule has 0 aliphatic carbocycles. The molecule has 86 valence electrons. The van der Waals surface area contributed by atoms with Crippen LogP contribution in [-0.4, -0.2) is 11.1 Å². The van der Waals surface area contributed by atoms with E-state index in [4.69, 9.17) is 4.74 Å². The lowest BCUT2D eigenvalue weighted by Crippen LogP contribution is -2.17. The summed E-state index contributed by atoms with van der Waals surface area (Å²) in [7, 11) is 0. The Morgan fingerprint density at radius 2 is 2.00 bits per heavy atom. The maximum Gasteiger partial charge on any atom is 0.418 e. The highest BCUT2D eigenvalue weighted by Gasteiger charge is 2.05. The molecule has 1 amide bonds. The fourth-order valence-corrected chi connectivity index (χ4v) is 1.20. The number of benzene rings is 1. The van der Waals surface area contributed by atoms with E-state index in [0.717, 1.165) is 6.07 Å². The Labute approximate surface area is 97.1 Å². The molecule has 4 nitrogen and oxygen atoms in total. The number of anilines is 1. The van der Waals surface area contributed by atoms with Crippen LogP contribution in [0.25, 0.3) is 0 Å². The molecule has 0 radical (unpaired) electrons. The topological polar surface area (TPSA) is 51.2 Å². The lowest BCUT2D eigenvalue weighted by molar-refractivity contribution is 0.215. The van der Waals surface area contributed by atoms with Crippen LogP contribution in [0.2, 0.25) is 0 Å². The summed E-state index contributed by atoms with van der Waals surface area (Å²) >= 11 is 0. The van der Waals surface area contributed by atoms with Crippen molar-refractivity contribution in [2.24, 2.45) is 0 Å². The summed E-state index contributed by atoms with van der Waals surface area (Å²) in [5.41, 5.74) is 0. The Hall–Kier alpha value is -2.43. The minimum absolute atomic E-state index is 0.103. The molecule has 0 unspecified atom stereocenters. The van der Waals surface area contributed by atoms with E-state index in [0.29, 0.717) is 5.75 Å². The molecule has 0 fully saturated rings. The fraction of sp³-hybridized carbons (Fsp3) is 0. The highest BCUT2D eigenvalue weighted by atomic mass is 19.1. The smallest absolute Gasteiger partial charge is 0.410 e. The van der Waals surface area contributed by atoms with Gasteiger partial charge in [-0.25, -0.2) is 14.2 Å². The SMILES string of the molecule is O=C(Nc1cc(F)ccn1)Oc1ccccc1.